The van der Waals surface area contributed by atoms with Crippen LogP contribution in [0.1, 0.15) is 18.4 Å². The van der Waals surface area contributed by atoms with Crippen LogP contribution in [0.15, 0.2) is 53.1 Å². The minimum atomic E-state index is -3.35. The van der Waals surface area contributed by atoms with Crippen LogP contribution in [0.5, 0.6) is 5.75 Å². The van der Waals surface area contributed by atoms with Gasteiger partial charge in [-0.1, -0.05) is 28.9 Å². The molecule has 0 aliphatic heterocycles. The van der Waals surface area contributed by atoms with Crippen molar-refractivity contribution in [3.05, 3.63) is 60.0 Å². The Bertz CT molecular complexity index is 1190. The van der Waals surface area contributed by atoms with E-state index in [1.54, 1.807) is 38.2 Å². The summed E-state index contributed by atoms with van der Waals surface area (Å²) in [5.41, 5.74) is 2.43. The Labute approximate surface area is 187 Å². The second-order valence-corrected chi connectivity index (χ2v) is 9.57. The third-order valence-corrected chi connectivity index (χ3v) is 6.06. The lowest BCUT2D eigenvalue weighted by atomic mass is 10.1. The largest absolute Gasteiger partial charge is 0.481 e. The van der Waals surface area contributed by atoms with E-state index in [9.17, 15) is 13.2 Å². The normalized spacial score (nSPS) is 12.3. The molecule has 1 amide bonds. The van der Waals surface area contributed by atoms with Gasteiger partial charge in [-0.2, -0.15) is 4.98 Å². The first-order chi connectivity index (χ1) is 15.0. The number of hydrogen-bond acceptors (Lipinski definition) is 7. The fourth-order valence-corrected chi connectivity index (χ4v) is 3.50. The lowest BCUT2D eigenvalue weighted by Gasteiger charge is -2.21. The quantitative estimate of drug-likeness (QED) is 0.511. The second-order valence-electron chi connectivity index (χ2n) is 7.56. The molecule has 0 N–H and O–H groups in total. The van der Waals surface area contributed by atoms with Gasteiger partial charge in [0.25, 0.3) is 5.91 Å². The number of aryl methyl sites for hydroxylation is 1. The number of anilines is 1. The summed E-state index contributed by atoms with van der Waals surface area (Å²) in [5.74, 6) is 0.966. The molecule has 1 aromatic heterocycles. The fourth-order valence-electron chi connectivity index (χ4n) is 2.99. The number of benzene rings is 2. The monoisotopic (exact) mass is 458 g/mol. The Morgan fingerprint density at radius 3 is 2.47 bits per heavy atom. The molecule has 3 aromatic rings. The second kappa shape index (κ2) is 9.39. The van der Waals surface area contributed by atoms with E-state index in [0.717, 1.165) is 21.7 Å². The van der Waals surface area contributed by atoms with Gasteiger partial charge in [-0.3, -0.25) is 9.10 Å². The Morgan fingerprint density at radius 1 is 1.16 bits per heavy atom. The zero-order valence-electron chi connectivity index (χ0n) is 18.6. The van der Waals surface area contributed by atoms with Gasteiger partial charge in [0.2, 0.25) is 21.7 Å². The molecule has 9 nitrogen and oxygen atoms in total. The topological polar surface area (TPSA) is 106 Å². The van der Waals surface area contributed by atoms with E-state index in [1.165, 1.54) is 11.9 Å². The van der Waals surface area contributed by atoms with Crippen LogP contribution < -0.4 is 9.04 Å². The van der Waals surface area contributed by atoms with Crippen molar-refractivity contribution in [3.8, 4) is 17.1 Å². The number of carbonyl (C=O) groups is 1. The molecule has 1 atom stereocenters. The van der Waals surface area contributed by atoms with Crippen LogP contribution in [0.4, 0.5) is 5.69 Å². The van der Waals surface area contributed by atoms with Gasteiger partial charge in [0.05, 0.1) is 18.5 Å². The number of carbonyl (C=O) groups excluding carboxylic acids is 1. The number of hydrogen-bond donors (Lipinski definition) is 0. The maximum absolute atomic E-state index is 12.7. The van der Waals surface area contributed by atoms with Crippen LogP contribution in [0.25, 0.3) is 11.4 Å². The molecule has 0 unspecified atom stereocenters. The number of rotatable bonds is 8. The lowest BCUT2D eigenvalue weighted by molar-refractivity contribution is -0.137. The number of amides is 1. The molecule has 2 aromatic carbocycles. The molecule has 0 saturated heterocycles. The smallest absolute Gasteiger partial charge is 0.263 e. The lowest BCUT2D eigenvalue weighted by Crippen LogP contribution is -2.37. The van der Waals surface area contributed by atoms with E-state index in [-0.39, 0.29) is 12.5 Å². The average Bonchev–Trinajstić information content (AvgIpc) is 3.21. The summed E-state index contributed by atoms with van der Waals surface area (Å²) in [6.07, 6.45) is 0.360. The van der Waals surface area contributed by atoms with Crippen LogP contribution in [0.2, 0.25) is 0 Å². The first-order valence-electron chi connectivity index (χ1n) is 9.90. The molecule has 0 spiro atoms. The summed E-state index contributed by atoms with van der Waals surface area (Å²) in [5, 5.41) is 3.99. The van der Waals surface area contributed by atoms with Gasteiger partial charge in [-0.25, -0.2) is 8.42 Å². The number of nitrogens with zero attached hydrogens (tertiary/aromatic N) is 4. The van der Waals surface area contributed by atoms with Crippen molar-refractivity contribution < 1.29 is 22.5 Å². The molecule has 32 heavy (non-hydrogen) atoms. The van der Waals surface area contributed by atoms with E-state index in [2.05, 4.69) is 10.1 Å². The predicted octanol–water partition coefficient (Wildman–Crippen LogP) is 2.87. The summed E-state index contributed by atoms with van der Waals surface area (Å²) in [7, 11) is -0.258. The molecule has 170 valence electrons. The summed E-state index contributed by atoms with van der Waals surface area (Å²) < 4.78 is 35.4. The molecular formula is C22H26N4O5S. The van der Waals surface area contributed by atoms with Gasteiger partial charge < -0.3 is 14.2 Å². The SMILES string of the molecule is Cc1cccc(-c2noc(CN(C)C(=O)[C@@H](C)Oc3ccc(N(C)S(C)(=O)=O)cc3)n2)c1. The predicted molar refractivity (Wildman–Crippen MR) is 121 cm³/mol. The van der Waals surface area contributed by atoms with E-state index in [0.29, 0.717) is 23.2 Å². The Hall–Kier alpha value is -3.40. The van der Waals surface area contributed by atoms with Crippen molar-refractivity contribution in [1.82, 2.24) is 15.0 Å². The van der Waals surface area contributed by atoms with E-state index in [1.807, 2.05) is 31.2 Å². The number of ether oxygens (including phenoxy) is 1. The minimum Gasteiger partial charge on any atom is -0.481 e. The molecule has 0 aliphatic carbocycles. The van der Waals surface area contributed by atoms with Crippen molar-refractivity contribution >= 4 is 21.6 Å². The van der Waals surface area contributed by atoms with Crippen LogP contribution in [-0.2, 0) is 21.4 Å². The molecule has 0 radical (unpaired) electrons. The molecule has 0 aliphatic rings. The molecular weight excluding hydrogens is 432 g/mol. The summed E-state index contributed by atoms with van der Waals surface area (Å²) >= 11 is 0. The molecule has 10 heteroatoms. The van der Waals surface area contributed by atoms with E-state index >= 15 is 0 Å². The third-order valence-electron chi connectivity index (χ3n) is 4.85. The van der Waals surface area contributed by atoms with Crippen molar-refractivity contribution in [1.29, 1.82) is 0 Å². The van der Waals surface area contributed by atoms with Crippen LogP contribution in [0.3, 0.4) is 0 Å². The first-order valence-corrected chi connectivity index (χ1v) is 11.7. The number of sulfonamides is 1. The van der Waals surface area contributed by atoms with Crippen molar-refractivity contribution in [2.45, 2.75) is 26.5 Å². The standard InChI is InChI=1S/C22H26N4O5S/c1-15-7-6-8-17(13-15)21-23-20(31-24-21)14-25(3)22(27)16(2)30-19-11-9-18(10-12-19)26(4)32(5,28)29/h6-13,16H,14H2,1-5H3/t16-/m1/s1. The van der Waals surface area contributed by atoms with Crippen LogP contribution in [0, 0.1) is 6.92 Å². The van der Waals surface area contributed by atoms with Crippen molar-refractivity contribution in [2.75, 3.05) is 24.7 Å². The van der Waals surface area contributed by atoms with Gasteiger partial charge in [-0.15, -0.1) is 0 Å². The highest BCUT2D eigenvalue weighted by Crippen LogP contribution is 2.22. The molecule has 1 heterocycles. The molecule has 0 fully saturated rings. The number of likely N-dealkylation sites (N-methyl/N-ethyl adjacent to an activating group) is 1. The van der Waals surface area contributed by atoms with Gasteiger partial charge >= 0.3 is 0 Å². The van der Waals surface area contributed by atoms with Crippen molar-refractivity contribution in [3.63, 3.8) is 0 Å². The third kappa shape index (κ3) is 5.64. The average molecular weight is 459 g/mol. The Morgan fingerprint density at radius 2 is 1.84 bits per heavy atom. The van der Waals surface area contributed by atoms with Gasteiger partial charge in [0.1, 0.15) is 5.75 Å². The maximum atomic E-state index is 12.7. The first kappa shape index (κ1) is 23.3. The zero-order valence-corrected chi connectivity index (χ0v) is 19.5. The zero-order chi connectivity index (χ0) is 23.5. The van der Waals surface area contributed by atoms with E-state index < -0.39 is 16.1 Å². The highest BCUT2D eigenvalue weighted by atomic mass is 32.2. The number of aromatic nitrogens is 2. The van der Waals surface area contributed by atoms with Crippen LogP contribution >= 0.6 is 0 Å². The maximum Gasteiger partial charge on any atom is 0.263 e. The van der Waals surface area contributed by atoms with Crippen molar-refractivity contribution in [2.24, 2.45) is 0 Å². The molecule has 0 saturated carbocycles. The Balaban J connectivity index is 1.60. The molecule has 0 bridgehead atoms. The van der Waals surface area contributed by atoms with Crippen LogP contribution in [-0.4, -0.2) is 55.8 Å². The Kier molecular flexibility index (Phi) is 6.83. The van der Waals surface area contributed by atoms with E-state index in [4.69, 9.17) is 9.26 Å². The highest BCUT2D eigenvalue weighted by Gasteiger charge is 2.22. The van der Waals surface area contributed by atoms with Gasteiger partial charge in [0.15, 0.2) is 6.10 Å². The summed E-state index contributed by atoms with van der Waals surface area (Å²) in [6.45, 7) is 3.76. The van der Waals surface area contributed by atoms with Gasteiger partial charge in [0, 0.05) is 19.7 Å². The fraction of sp³-hybridized carbons (Fsp3) is 0.318. The van der Waals surface area contributed by atoms with Gasteiger partial charge in [-0.05, 0) is 44.2 Å². The highest BCUT2D eigenvalue weighted by molar-refractivity contribution is 7.92. The summed E-state index contributed by atoms with van der Waals surface area (Å²) in [6, 6.07) is 14.2. The molecule has 3 rings (SSSR count). The summed E-state index contributed by atoms with van der Waals surface area (Å²) in [4.78, 5) is 18.5. The minimum absolute atomic E-state index is 0.142.